The molecule has 15 heavy (non-hydrogen) atoms. The van der Waals surface area contributed by atoms with E-state index >= 15 is 0 Å². The second-order valence-corrected chi connectivity index (χ2v) is 2.55. The minimum Gasteiger partial charge on any atom is -0.481 e. The fourth-order valence-electron chi connectivity index (χ4n) is 0.388. The number of rotatable bonds is 5. The van der Waals surface area contributed by atoms with Gasteiger partial charge in [0.1, 0.15) is 0 Å². The maximum atomic E-state index is 9.68. The number of aliphatic carboxylic acids is 3. The van der Waals surface area contributed by atoms with Gasteiger partial charge in [-0.05, 0) is 6.42 Å². The molecule has 7 nitrogen and oxygen atoms in total. The molecule has 0 saturated carbocycles. The third-order valence-corrected chi connectivity index (χ3v) is 1.22. The van der Waals surface area contributed by atoms with Crippen molar-refractivity contribution in [2.24, 2.45) is 0 Å². The van der Waals surface area contributed by atoms with Crippen molar-refractivity contribution in [3.8, 4) is 0 Å². The Hall–Kier alpha value is -1.63. The zero-order valence-corrected chi connectivity index (χ0v) is 8.21. The fourth-order valence-corrected chi connectivity index (χ4v) is 0.388. The molecule has 0 bridgehead atoms. The first-order valence-corrected chi connectivity index (χ1v) is 4.15. The summed E-state index contributed by atoms with van der Waals surface area (Å²) in [5.74, 6) is -3.30. The van der Waals surface area contributed by atoms with Crippen LogP contribution in [-0.2, 0) is 14.4 Å². The van der Waals surface area contributed by atoms with Crippen molar-refractivity contribution >= 4 is 17.9 Å². The molecule has 4 N–H and O–H groups in total. The van der Waals surface area contributed by atoms with Crippen LogP contribution in [0.25, 0.3) is 0 Å². The summed E-state index contributed by atoms with van der Waals surface area (Å²) < 4.78 is 0. The Morgan fingerprint density at radius 3 is 1.40 bits per heavy atom. The van der Waals surface area contributed by atoms with Gasteiger partial charge in [0.25, 0.3) is 0 Å². The lowest BCUT2D eigenvalue weighted by Crippen LogP contribution is -2.17. The number of hydrogen-bond acceptors (Lipinski definition) is 4. The van der Waals surface area contributed by atoms with Gasteiger partial charge in [0.05, 0.1) is 12.8 Å². The van der Waals surface area contributed by atoms with Gasteiger partial charge < -0.3 is 20.4 Å². The Labute approximate surface area is 86.0 Å². The minimum atomic E-state index is -1.18. The van der Waals surface area contributed by atoms with Gasteiger partial charge in [0, 0.05) is 0 Å². The molecule has 88 valence electrons. The molecule has 0 radical (unpaired) electrons. The predicted molar refractivity (Wildman–Crippen MR) is 48.4 cm³/mol. The van der Waals surface area contributed by atoms with Crippen LogP contribution in [0.1, 0.15) is 26.2 Å². The lowest BCUT2D eigenvalue weighted by atomic mass is 10.3. The Morgan fingerprint density at radius 2 is 1.33 bits per heavy atom. The maximum absolute atomic E-state index is 9.68. The van der Waals surface area contributed by atoms with Gasteiger partial charge in [-0.3, -0.25) is 9.59 Å². The summed E-state index contributed by atoms with van der Waals surface area (Å²) in [5.41, 5.74) is 0. The zero-order valence-electron chi connectivity index (χ0n) is 8.21. The highest BCUT2D eigenvalue weighted by Crippen LogP contribution is 1.86. The molecule has 0 aliphatic rings. The van der Waals surface area contributed by atoms with Gasteiger partial charge in [0.2, 0.25) is 0 Å². The van der Waals surface area contributed by atoms with E-state index in [4.69, 9.17) is 20.4 Å². The lowest BCUT2D eigenvalue weighted by molar-refractivity contribution is -0.146. The molecule has 0 fully saturated rings. The first-order valence-electron chi connectivity index (χ1n) is 4.15. The molecule has 0 aromatic heterocycles. The highest BCUT2D eigenvalue weighted by molar-refractivity contribution is 5.75. The van der Waals surface area contributed by atoms with Gasteiger partial charge in [-0.15, -0.1) is 0 Å². The number of aliphatic hydroxyl groups excluding tert-OH is 1. The van der Waals surface area contributed by atoms with Crippen molar-refractivity contribution in [3.05, 3.63) is 0 Å². The fraction of sp³-hybridized carbons (Fsp3) is 0.625. The number of aliphatic hydroxyl groups is 1. The zero-order chi connectivity index (χ0) is 12.4. The molecule has 0 spiro atoms. The van der Waals surface area contributed by atoms with E-state index in [0.29, 0.717) is 0 Å². The van der Waals surface area contributed by atoms with Crippen molar-refractivity contribution in [1.29, 1.82) is 0 Å². The second-order valence-electron chi connectivity index (χ2n) is 2.55. The summed E-state index contributed by atoms with van der Waals surface area (Å²) in [6.45, 7) is 1.61. The van der Waals surface area contributed by atoms with Crippen molar-refractivity contribution in [2.45, 2.75) is 32.3 Å². The van der Waals surface area contributed by atoms with Crippen molar-refractivity contribution < 1.29 is 34.8 Å². The first kappa shape index (κ1) is 15.8. The van der Waals surface area contributed by atoms with Gasteiger partial charge in [-0.1, -0.05) is 6.92 Å². The van der Waals surface area contributed by atoms with Crippen LogP contribution in [0.5, 0.6) is 0 Å². The quantitative estimate of drug-likeness (QED) is 0.505. The summed E-state index contributed by atoms with van der Waals surface area (Å²) in [4.78, 5) is 29.0. The number of carboxylic acid groups (broad SMARTS) is 3. The van der Waals surface area contributed by atoms with Crippen LogP contribution in [0.3, 0.4) is 0 Å². The van der Waals surface area contributed by atoms with Crippen LogP contribution in [-0.4, -0.2) is 44.4 Å². The van der Waals surface area contributed by atoms with E-state index in [-0.39, 0.29) is 19.3 Å². The van der Waals surface area contributed by atoms with Crippen LogP contribution < -0.4 is 0 Å². The smallest absolute Gasteiger partial charge is 0.332 e. The first-order chi connectivity index (χ1) is 6.81. The molecule has 0 aromatic rings. The van der Waals surface area contributed by atoms with E-state index < -0.39 is 24.0 Å². The van der Waals surface area contributed by atoms with Gasteiger partial charge >= 0.3 is 17.9 Å². The molecular weight excluding hydrogens is 208 g/mol. The largest absolute Gasteiger partial charge is 0.481 e. The normalized spacial score (nSPS) is 10.8. The van der Waals surface area contributed by atoms with E-state index in [1.165, 1.54) is 0 Å². The third kappa shape index (κ3) is 15.2. The monoisotopic (exact) mass is 222 g/mol. The van der Waals surface area contributed by atoms with E-state index in [2.05, 4.69) is 0 Å². The van der Waals surface area contributed by atoms with E-state index in [1.807, 2.05) is 0 Å². The Morgan fingerprint density at radius 1 is 1.00 bits per heavy atom. The Balaban J connectivity index is 0. The molecule has 0 aliphatic heterocycles. The van der Waals surface area contributed by atoms with Crippen LogP contribution >= 0.6 is 0 Å². The Kier molecular flexibility index (Phi) is 9.44. The van der Waals surface area contributed by atoms with E-state index in [9.17, 15) is 14.4 Å². The van der Waals surface area contributed by atoms with Crippen LogP contribution in [0.4, 0.5) is 0 Å². The van der Waals surface area contributed by atoms with Gasteiger partial charge in [-0.25, -0.2) is 4.79 Å². The van der Waals surface area contributed by atoms with E-state index in [1.54, 1.807) is 6.92 Å². The van der Waals surface area contributed by atoms with Crippen molar-refractivity contribution in [1.82, 2.24) is 0 Å². The molecule has 0 aliphatic carbocycles. The maximum Gasteiger partial charge on any atom is 0.332 e. The molecule has 0 rings (SSSR count). The molecule has 0 amide bonds. The molecule has 7 heteroatoms. The highest BCUT2D eigenvalue weighted by Gasteiger charge is 2.07. The average Bonchev–Trinajstić information content (AvgIpc) is 2.14. The van der Waals surface area contributed by atoms with Crippen molar-refractivity contribution in [2.75, 3.05) is 0 Å². The van der Waals surface area contributed by atoms with E-state index in [0.717, 1.165) is 0 Å². The standard InChI is InChI=1S/C4H6O4.C4H8O3/c5-3(6)1-2-4(7)8;1-2-3(5)4(6)7/h1-2H2,(H,5,6)(H,7,8);3,5H,2H2,1H3,(H,6,7). The number of carboxylic acids is 3. The predicted octanol–water partition coefficient (Wildman–Crippen LogP) is -0.222. The topological polar surface area (TPSA) is 132 Å². The minimum absolute atomic E-state index is 0.273. The van der Waals surface area contributed by atoms with Gasteiger partial charge in [-0.2, -0.15) is 0 Å². The molecule has 0 aromatic carbocycles. The third-order valence-electron chi connectivity index (χ3n) is 1.22. The average molecular weight is 222 g/mol. The summed E-state index contributed by atoms with van der Waals surface area (Å²) in [7, 11) is 0. The van der Waals surface area contributed by atoms with Crippen LogP contribution in [0, 0.1) is 0 Å². The molecule has 0 heterocycles. The van der Waals surface area contributed by atoms with Gasteiger partial charge in [0.15, 0.2) is 6.10 Å². The summed E-state index contributed by atoms with van der Waals surface area (Å²) >= 11 is 0. The molecule has 1 unspecified atom stereocenters. The second kappa shape index (κ2) is 8.95. The SMILES string of the molecule is CCC(O)C(=O)O.O=C(O)CCC(=O)O. The lowest BCUT2D eigenvalue weighted by Gasteiger charge is -1.95. The number of carbonyl (C=O) groups is 3. The summed E-state index contributed by atoms with van der Waals surface area (Å²) in [5, 5.41) is 32.1. The molecular formula is C8H14O7. The Bertz CT molecular complexity index is 209. The molecule has 1 atom stereocenters. The van der Waals surface area contributed by atoms with Crippen LogP contribution in [0.2, 0.25) is 0 Å². The van der Waals surface area contributed by atoms with Crippen molar-refractivity contribution in [3.63, 3.8) is 0 Å². The number of hydrogen-bond donors (Lipinski definition) is 4. The highest BCUT2D eigenvalue weighted by atomic mass is 16.4. The van der Waals surface area contributed by atoms with Crippen LogP contribution in [0.15, 0.2) is 0 Å². The summed E-state index contributed by atoms with van der Waals surface area (Å²) in [6.07, 6.45) is -1.50. The summed E-state index contributed by atoms with van der Waals surface area (Å²) in [6, 6.07) is 0. The molecule has 0 saturated heterocycles.